The summed E-state index contributed by atoms with van der Waals surface area (Å²) in [6, 6.07) is 14.2. The van der Waals surface area contributed by atoms with Gasteiger partial charge in [-0.1, -0.05) is 12.1 Å². The van der Waals surface area contributed by atoms with Crippen molar-refractivity contribution in [3.8, 4) is 0 Å². The highest BCUT2D eigenvalue weighted by Crippen LogP contribution is 2.26. The Hall–Kier alpha value is -3.15. The van der Waals surface area contributed by atoms with Crippen LogP contribution in [0.2, 0.25) is 0 Å². The van der Waals surface area contributed by atoms with Crippen LogP contribution in [0.1, 0.15) is 29.3 Å². The number of rotatable bonds is 5. The van der Waals surface area contributed by atoms with E-state index in [0.29, 0.717) is 24.4 Å². The zero-order chi connectivity index (χ0) is 19.4. The van der Waals surface area contributed by atoms with Gasteiger partial charge in [0, 0.05) is 24.3 Å². The van der Waals surface area contributed by atoms with Crippen LogP contribution in [-0.2, 0) is 14.3 Å². The predicted octanol–water partition coefficient (Wildman–Crippen LogP) is 3.16. The lowest BCUT2D eigenvalue weighted by atomic mass is 10.1. The Morgan fingerprint density at radius 3 is 2.59 bits per heavy atom. The van der Waals surface area contributed by atoms with E-state index < -0.39 is 11.9 Å². The number of esters is 1. The monoisotopic (exact) mass is 366 g/mol. The number of nitrogens with one attached hydrogen (secondary N) is 1. The van der Waals surface area contributed by atoms with Gasteiger partial charge < -0.3 is 15.0 Å². The third kappa shape index (κ3) is 4.34. The van der Waals surface area contributed by atoms with Gasteiger partial charge in [0.25, 0.3) is 0 Å². The van der Waals surface area contributed by atoms with E-state index in [2.05, 4.69) is 5.32 Å². The summed E-state index contributed by atoms with van der Waals surface area (Å²) in [6.07, 6.45) is 0.181. The summed E-state index contributed by atoms with van der Waals surface area (Å²) in [6.45, 7) is 4.38. The Morgan fingerprint density at radius 1 is 1.19 bits per heavy atom. The fourth-order valence-electron chi connectivity index (χ4n) is 3.08. The largest absolute Gasteiger partial charge is 0.462 e. The molecule has 0 aliphatic carbocycles. The standard InChI is InChI=1S/C21H22N2O4/c1-3-27-21(26)15-7-9-17(10-8-15)22-20(25)16-12-19(24)23(13-16)18-6-4-5-14(2)11-18/h4-11,16H,3,12-13H2,1-2H3,(H,22,25). The molecule has 1 fully saturated rings. The number of hydrogen-bond donors (Lipinski definition) is 1. The van der Waals surface area contributed by atoms with E-state index >= 15 is 0 Å². The molecule has 140 valence electrons. The molecule has 1 saturated heterocycles. The molecular weight excluding hydrogens is 344 g/mol. The Kier molecular flexibility index (Phi) is 5.54. The van der Waals surface area contributed by atoms with E-state index in [9.17, 15) is 14.4 Å². The van der Waals surface area contributed by atoms with E-state index in [-0.39, 0.29) is 18.2 Å². The summed E-state index contributed by atoms with van der Waals surface area (Å²) in [5, 5.41) is 2.82. The van der Waals surface area contributed by atoms with E-state index in [1.54, 1.807) is 36.1 Å². The van der Waals surface area contributed by atoms with Crippen LogP contribution in [0.3, 0.4) is 0 Å². The highest BCUT2D eigenvalue weighted by Gasteiger charge is 2.35. The highest BCUT2D eigenvalue weighted by atomic mass is 16.5. The molecule has 2 amide bonds. The molecule has 6 nitrogen and oxygen atoms in total. The second-order valence-electron chi connectivity index (χ2n) is 6.53. The molecule has 0 bridgehead atoms. The van der Waals surface area contributed by atoms with Crippen molar-refractivity contribution in [3.05, 3.63) is 59.7 Å². The average Bonchev–Trinajstić information content (AvgIpc) is 3.04. The molecule has 0 radical (unpaired) electrons. The number of nitrogens with zero attached hydrogens (tertiary/aromatic N) is 1. The Labute approximate surface area is 158 Å². The number of ether oxygens (including phenoxy) is 1. The summed E-state index contributed by atoms with van der Waals surface area (Å²) >= 11 is 0. The van der Waals surface area contributed by atoms with Crippen molar-refractivity contribution in [1.29, 1.82) is 0 Å². The van der Waals surface area contributed by atoms with E-state index in [4.69, 9.17) is 4.74 Å². The summed E-state index contributed by atoms with van der Waals surface area (Å²) < 4.78 is 4.93. The lowest BCUT2D eigenvalue weighted by Crippen LogP contribution is -2.28. The minimum Gasteiger partial charge on any atom is -0.462 e. The third-order valence-corrected chi connectivity index (χ3v) is 4.47. The van der Waals surface area contributed by atoms with Gasteiger partial charge in [-0.2, -0.15) is 0 Å². The number of benzene rings is 2. The quantitative estimate of drug-likeness (QED) is 0.825. The summed E-state index contributed by atoms with van der Waals surface area (Å²) in [7, 11) is 0. The Morgan fingerprint density at radius 2 is 1.93 bits per heavy atom. The molecule has 1 heterocycles. The molecule has 1 aliphatic heterocycles. The van der Waals surface area contributed by atoms with Gasteiger partial charge in [0.2, 0.25) is 11.8 Å². The zero-order valence-corrected chi connectivity index (χ0v) is 15.4. The van der Waals surface area contributed by atoms with Crippen molar-refractivity contribution in [1.82, 2.24) is 0 Å². The zero-order valence-electron chi connectivity index (χ0n) is 15.4. The number of carbonyl (C=O) groups excluding carboxylic acids is 3. The normalized spacial score (nSPS) is 16.3. The van der Waals surface area contributed by atoms with Gasteiger partial charge in [-0.15, -0.1) is 0 Å². The van der Waals surface area contributed by atoms with Gasteiger partial charge in [-0.3, -0.25) is 9.59 Å². The van der Waals surface area contributed by atoms with Crippen molar-refractivity contribution >= 4 is 29.2 Å². The van der Waals surface area contributed by atoms with Crippen LogP contribution >= 0.6 is 0 Å². The van der Waals surface area contributed by atoms with Crippen molar-refractivity contribution < 1.29 is 19.1 Å². The minimum atomic E-state index is -0.414. The first kappa shape index (κ1) is 18.6. The molecule has 3 rings (SSSR count). The smallest absolute Gasteiger partial charge is 0.338 e. The first-order chi connectivity index (χ1) is 13.0. The van der Waals surface area contributed by atoms with Gasteiger partial charge in [0.15, 0.2) is 0 Å². The second-order valence-corrected chi connectivity index (χ2v) is 6.53. The molecular formula is C21H22N2O4. The average molecular weight is 366 g/mol. The van der Waals surface area contributed by atoms with Gasteiger partial charge >= 0.3 is 5.97 Å². The van der Waals surface area contributed by atoms with E-state index in [1.165, 1.54) is 0 Å². The maximum absolute atomic E-state index is 12.5. The fourth-order valence-corrected chi connectivity index (χ4v) is 3.08. The van der Waals surface area contributed by atoms with Crippen molar-refractivity contribution in [2.24, 2.45) is 5.92 Å². The van der Waals surface area contributed by atoms with Crippen LogP contribution in [0.5, 0.6) is 0 Å². The highest BCUT2D eigenvalue weighted by molar-refractivity contribution is 6.03. The van der Waals surface area contributed by atoms with E-state index in [1.807, 2.05) is 31.2 Å². The first-order valence-electron chi connectivity index (χ1n) is 8.93. The summed E-state index contributed by atoms with van der Waals surface area (Å²) in [5.74, 6) is -1.07. The minimum absolute atomic E-state index is 0.0570. The molecule has 0 spiro atoms. The maximum Gasteiger partial charge on any atom is 0.338 e. The molecule has 6 heteroatoms. The topological polar surface area (TPSA) is 75.7 Å². The SMILES string of the molecule is CCOC(=O)c1ccc(NC(=O)C2CC(=O)N(c3cccc(C)c3)C2)cc1. The molecule has 0 saturated carbocycles. The van der Waals surface area contributed by atoms with Crippen molar-refractivity contribution in [2.45, 2.75) is 20.3 Å². The number of amides is 2. The van der Waals surface area contributed by atoms with Crippen LogP contribution in [0.15, 0.2) is 48.5 Å². The van der Waals surface area contributed by atoms with Crippen molar-refractivity contribution in [3.63, 3.8) is 0 Å². The molecule has 2 aromatic rings. The molecule has 1 N–H and O–H groups in total. The number of aryl methyl sites for hydroxylation is 1. The molecule has 1 atom stereocenters. The van der Waals surface area contributed by atoms with Gasteiger partial charge in [-0.05, 0) is 55.8 Å². The van der Waals surface area contributed by atoms with Gasteiger partial charge in [0.1, 0.15) is 0 Å². The first-order valence-corrected chi connectivity index (χ1v) is 8.93. The lowest BCUT2D eigenvalue weighted by molar-refractivity contribution is -0.122. The van der Waals surface area contributed by atoms with Crippen LogP contribution in [0.25, 0.3) is 0 Å². The Balaban J connectivity index is 1.63. The molecule has 1 unspecified atom stereocenters. The van der Waals surface area contributed by atoms with Crippen LogP contribution < -0.4 is 10.2 Å². The summed E-state index contributed by atoms with van der Waals surface area (Å²) in [5.41, 5.74) is 2.88. The van der Waals surface area contributed by atoms with Gasteiger partial charge in [0.05, 0.1) is 18.1 Å². The lowest BCUT2D eigenvalue weighted by Gasteiger charge is -2.17. The summed E-state index contributed by atoms with van der Waals surface area (Å²) in [4.78, 5) is 38.2. The molecule has 2 aromatic carbocycles. The van der Waals surface area contributed by atoms with Crippen LogP contribution in [0, 0.1) is 12.8 Å². The number of carbonyl (C=O) groups is 3. The second kappa shape index (κ2) is 8.03. The van der Waals surface area contributed by atoms with Crippen LogP contribution in [0.4, 0.5) is 11.4 Å². The predicted molar refractivity (Wildman–Crippen MR) is 103 cm³/mol. The van der Waals surface area contributed by atoms with Gasteiger partial charge in [-0.25, -0.2) is 4.79 Å². The van der Waals surface area contributed by atoms with Crippen molar-refractivity contribution in [2.75, 3.05) is 23.4 Å². The Bertz CT molecular complexity index is 861. The van der Waals surface area contributed by atoms with Crippen LogP contribution in [-0.4, -0.2) is 30.9 Å². The molecule has 27 heavy (non-hydrogen) atoms. The number of anilines is 2. The maximum atomic E-state index is 12.5. The molecule has 1 aliphatic rings. The third-order valence-electron chi connectivity index (χ3n) is 4.47. The fraction of sp³-hybridized carbons (Fsp3) is 0.286. The van der Waals surface area contributed by atoms with E-state index in [0.717, 1.165) is 11.3 Å². The molecule has 0 aromatic heterocycles. The number of hydrogen-bond acceptors (Lipinski definition) is 4.